The number of hydrogen-bond donors (Lipinski definition) is 2. The topological polar surface area (TPSA) is 54.3 Å². The van der Waals surface area contributed by atoms with Crippen molar-refractivity contribution in [2.45, 2.75) is 13.8 Å². The molecule has 4 nitrogen and oxygen atoms in total. The van der Waals surface area contributed by atoms with E-state index in [2.05, 4.69) is 17.6 Å². The highest BCUT2D eigenvalue weighted by Gasteiger charge is 2.12. The Hall–Kier alpha value is -1.81. The van der Waals surface area contributed by atoms with Gasteiger partial charge in [0, 0.05) is 18.5 Å². The van der Waals surface area contributed by atoms with Gasteiger partial charge in [-0.3, -0.25) is 4.79 Å². The highest BCUT2D eigenvalue weighted by atomic mass is 16.3. The molecule has 0 saturated carbocycles. The number of benzene rings is 1. The molecule has 2 rings (SSSR count). The molecule has 2 aromatic rings. The zero-order valence-corrected chi connectivity index (χ0v) is 11.0. The Morgan fingerprint density at radius 2 is 1.89 bits per heavy atom. The molecule has 1 amide bonds. The van der Waals surface area contributed by atoms with Crippen LogP contribution in [0.5, 0.6) is 0 Å². The van der Waals surface area contributed by atoms with E-state index in [9.17, 15) is 4.79 Å². The first-order valence-electron chi connectivity index (χ1n) is 6.05. The third kappa shape index (κ3) is 2.54. The van der Waals surface area contributed by atoms with Crippen LogP contribution in [0.3, 0.4) is 0 Å². The number of hydrogen-bond acceptors (Lipinski definition) is 3. The summed E-state index contributed by atoms with van der Waals surface area (Å²) in [6.07, 6.45) is 0. The second-order valence-electron chi connectivity index (χ2n) is 4.44. The monoisotopic (exact) mass is 246 g/mol. The molecular formula is C14H18N2O2. The van der Waals surface area contributed by atoms with Crippen LogP contribution in [0.2, 0.25) is 0 Å². The van der Waals surface area contributed by atoms with Gasteiger partial charge in [0.2, 0.25) is 0 Å². The molecule has 0 unspecified atom stereocenters. The molecule has 1 aromatic heterocycles. The number of nitrogens with one attached hydrogen (secondary N) is 2. The van der Waals surface area contributed by atoms with E-state index in [4.69, 9.17) is 4.42 Å². The van der Waals surface area contributed by atoms with Gasteiger partial charge in [0.1, 0.15) is 5.58 Å². The van der Waals surface area contributed by atoms with E-state index in [0.717, 1.165) is 17.5 Å². The lowest BCUT2D eigenvalue weighted by Gasteiger charge is -2.01. The third-order valence-corrected chi connectivity index (χ3v) is 3.02. The molecule has 18 heavy (non-hydrogen) atoms. The maximum Gasteiger partial charge on any atom is 0.287 e. The van der Waals surface area contributed by atoms with Gasteiger partial charge in [0.15, 0.2) is 5.76 Å². The second-order valence-corrected chi connectivity index (χ2v) is 4.44. The van der Waals surface area contributed by atoms with Gasteiger partial charge in [0.05, 0.1) is 0 Å². The molecule has 0 aliphatic heterocycles. The molecule has 0 saturated heterocycles. The van der Waals surface area contributed by atoms with Crippen LogP contribution >= 0.6 is 0 Å². The Labute approximate surface area is 106 Å². The maximum absolute atomic E-state index is 11.8. The summed E-state index contributed by atoms with van der Waals surface area (Å²) in [6, 6.07) is 5.80. The van der Waals surface area contributed by atoms with E-state index in [1.165, 1.54) is 11.1 Å². The Morgan fingerprint density at radius 3 is 2.61 bits per heavy atom. The minimum Gasteiger partial charge on any atom is -0.451 e. The number of likely N-dealkylation sites (N-methyl/N-ethyl adjacent to an activating group) is 1. The molecule has 4 heteroatoms. The first-order valence-corrected chi connectivity index (χ1v) is 6.05. The maximum atomic E-state index is 11.8. The Kier molecular flexibility index (Phi) is 3.67. The van der Waals surface area contributed by atoms with Crippen LogP contribution in [-0.2, 0) is 0 Å². The van der Waals surface area contributed by atoms with Crippen molar-refractivity contribution in [2.24, 2.45) is 0 Å². The van der Waals surface area contributed by atoms with Crippen molar-refractivity contribution < 1.29 is 9.21 Å². The van der Waals surface area contributed by atoms with Crippen molar-refractivity contribution in [1.82, 2.24) is 10.6 Å². The van der Waals surface area contributed by atoms with Crippen LogP contribution in [0.1, 0.15) is 21.7 Å². The summed E-state index contributed by atoms with van der Waals surface area (Å²) in [4.78, 5) is 11.8. The molecule has 0 atom stereocenters. The van der Waals surface area contributed by atoms with Gasteiger partial charge in [-0.25, -0.2) is 0 Å². The number of amides is 1. The normalized spacial score (nSPS) is 10.8. The minimum absolute atomic E-state index is 0.170. The smallest absolute Gasteiger partial charge is 0.287 e. The van der Waals surface area contributed by atoms with Gasteiger partial charge in [-0.1, -0.05) is 0 Å². The molecule has 0 spiro atoms. The number of fused-ring (bicyclic) bond motifs is 1. The van der Waals surface area contributed by atoms with Crippen molar-refractivity contribution >= 4 is 16.9 Å². The predicted octanol–water partition coefficient (Wildman–Crippen LogP) is 2.00. The fraction of sp³-hybridized carbons (Fsp3) is 0.357. The van der Waals surface area contributed by atoms with Gasteiger partial charge < -0.3 is 15.1 Å². The number of furan rings is 1. The molecule has 0 radical (unpaired) electrons. The average molecular weight is 246 g/mol. The summed E-state index contributed by atoms with van der Waals surface area (Å²) in [7, 11) is 1.85. The Morgan fingerprint density at radius 1 is 1.17 bits per heavy atom. The lowest BCUT2D eigenvalue weighted by molar-refractivity contribution is 0.0928. The number of rotatable bonds is 4. The van der Waals surface area contributed by atoms with Crippen LogP contribution < -0.4 is 10.6 Å². The highest BCUT2D eigenvalue weighted by Crippen LogP contribution is 2.23. The van der Waals surface area contributed by atoms with Crippen molar-refractivity contribution in [2.75, 3.05) is 20.1 Å². The molecular weight excluding hydrogens is 228 g/mol. The van der Waals surface area contributed by atoms with Gasteiger partial charge >= 0.3 is 0 Å². The lowest BCUT2D eigenvalue weighted by atomic mass is 10.1. The molecule has 0 bridgehead atoms. The van der Waals surface area contributed by atoms with Crippen LogP contribution in [-0.4, -0.2) is 26.0 Å². The quantitative estimate of drug-likeness (QED) is 0.811. The summed E-state index contributed by atoms with van der Waals surface area (Å²) < 4.78 is 5.56. The molecule has 1 heterocycles. The van der Waals surface area contributed by atoms with E-state index in [-0.39, 0.29) is 5.91 Å². The lowest BCUT2D eigenvalue weighted by Crippen LogP contribution is -2.30. The van der Waals surface area contributed by atoms with Crippen molar-refractivity contribution in [1.29, 1.82) is 0 Å². The molecule has 0 fully saturated rings. The highest BCUT2D eigenvalue weighted by molar-refractivity contribution is 5.96. The van der Waals surface area contributed by atoms with Crippen LogP contribution in [0.4, 0.5) is 0 Å². The van der Waals surface area contributed by atoms with Gasteiger partial charge in [0.25, 0.3) is 5.91 Å². The molecule has 2 N–H and O–H groups in total. The fourth-order valence-corrected chi connectivity index (χ4v) is 1.80. The predicted molar refractivity (Wildman–Crippen MR) is 71.9 cm³/mol. The van der Waals surface area contributed by atoms with Gasteiger partial charge in [-0.05, 0) is 50.2 Å². The number of carbonyl (C=O) groups is 1. The Balaban J connectivity index is 2.22. The van der Waals surface area contributed by atoms with E-state index >= 15 is 0 Å². The second kappa shape index (κ2) is 5.23. The van der Waals surface area contributed by atoms with Gasteiger partial charge in [-0.2, -0.15) is 0 Å². The summed E-state index contributed by atoms with van der Waals surface area (Å²) in [5, 5.41) is 6.73. The van der Waals surface area contributed by atoms with E-state index in [0.29, 0.717) is 12.3 Å². The number of aryl methyl sites for hydroxylation is 2. The van der Waals surface area contributed by atoms with Crippen LogP contribution in [0.25, 0.3) is 11.0 Å². The summed E-state index contributed by atoms with van der Waals surface area (Å²) in [5.74, 6) is 0.197. The largest absolute Gasteiger partial charge is 0.451 e. The Bertz CT molecular complexity index is 533. The summed E-state index contributed by atoms with van der Waals surface area (Å²) in [5.41, 5.74) is 3.13. The van der Waals surface area contributed by atoms with E-state index < -0.39 is 0 Å². The van der Waals surface area contributed by atoms with Gasteiger partial charge in [-0.15, -0.1) is 0 Å². The van der Waals surface area contributed by atoms with Crippen molar-refractivity contribution in [3.05, 3.63) is 35.1 Å². The average Bonchev–Trinajstić information content (AvgIpc) is 2.73. The summed E-state index contributed by atoms with van der Waals surface area (Å²) in [6.45, 7) is 5.41. The molecule has 0 aliphatic carbocycles. The SMILES string of the molecule is CNCCNC(=O)c1cc2cc(C)c(C)cc2o1. The number of carbonyl (C=O) groups excluding carboxylic acids is 1. The van der Waals surface area contributed by atoms with Crippen LogP contribution in [0, 0.1) is 13.8 Å². The standard InChI is InChI=1S/C14H18N2O2/c1-9-6-11-8-13(14(17)16-5-4-15-3)18-12(11)7-10(9)2/h6-8,15H,4-5H2,1-3H3,(H,16,17). The fourth-order valence-electron chi connectivity index (χ4n) is 1.80. The first kappa shape index (κ1) is 12.6. The summed E-state index contributed by atoms with van der Waals surface area (Å²) >= 11 is 0. The first-order chi connectivity index (χ1) is 8.61. The zero-order chi connectivity index (χ0) is 13.1. The van der Waals surface area contributed by atoms with Crippen molar-refractivity contribution in [3.63, 3.8) is 0 Å². The zero-order valence-electron chi connectivity index (χ0n) is 11.0. The molecule has 96 valence electrons. The van der Waals surface area contributed by atoms with Crippen molar-refractivity contribution in [3.8, 4) is 0 Å². The van der Waals surface area contributed by atoms with E-state index in [1.54, 1.807) is 6.07 Å². The molecule has 0 aliphatic rings. The van der Waals surface area contributed by atoms with E-state index in [1.807, 2.05) is 26.1 Å². The molecule has 1 aromatic carbocycles. The third-order valence-electron chi connectivity index (χ3n) is 3.02. The van der Waals surface area contributed by atoms with Crippen LogP contribution in [0.15, 0.2) is 22.6 Å². The minimum atomic E-state index is -0.170.